The lowest BCUT2D eigenvalue weighted by Gasteiger charge is -2.17. The van der Waals surface area contributed by atoms with Gasteiger partial charge in [0.05, 0.1) is 12.6 Å². The van der Waals surface area contributed by atoms with Gasteiger partial charge in [-0.2, -0.15) is 5.10 Å². The first-order chi connectivity index (χ1) is 10.1. The molecule has 1 atom stereocenters. The van der Waals surface area contributed by atoms with Crippen LogP contribution in [0, 0.1) is 0 Å². The fourth-order valence-corrected chi connectivity index (χ4v) is 2.30. The minimum Gasteiger partial charge on any atom is -0.383 e. The number of hydrogen-bond acceptors (Lipinski definition) is 4. The topological polar surface area (TPSA) is 88.5 Å². The lowest BCUT2D eigenvalue weighted by molar-refractivity contribution is -0.114. The summed E-state index contributed by atoms with van der Waals surface area (Å²) in [6.07, 6.45) is 2.67. The van der Waals surface area contributed by atoms with Gasteiger partial charge in [-0.05, 0) is 6.42 Å². The summed E-state index contributed by atoms with van der Waals surface area (Å²) in [5.41, 5.74) is 0. The molecule has 8 heteroatoms. The Bertz CT molecular complexity index is 502. The molecule has 0 unspecified atom stereocenters. The highest BCUT2D eigenvalue weighted by atomic mass is 16.5. The molecule has 1 aromatic rings. The van der Waals surface area contributed by atoms with Crippen LogP contribution < -0.4 is 10.6 Å². The Hall–Kier alpha value is -2.09. The number of rotatable bonds is 5. The van der Waals surface area contributed by atoms with E-state index in [0.717, 1.165) is 6.42 Å². The van der Waals surface area contributed by atoms with E-state index in [1.54, 1.807) is 22.8 Å². The number of likely N-dealkylation sites (tertiary alicyclic amines) is 1. The van der Waals surface area contributed by atoms with E-state index >= 15 is 0 Å². The van der Waals surface area contributed by atoms with E-state index in [1.807, 2.05) is 6.20 Å². The Balaban J connectivity index is 1.85. The van der Waals surface area contributed by atoms with Gasteiger partial charge in [0.1, 0.15) is 0 Å². The monoisotopic (exact) mass is 295 g/mol. The Morgan fingerprint density at radius 2 is 2.33 bits per heavy atom. The number of nitrogens with one attached hydrogen (secondary N) is 2. The smallest absolute Gasteiger partial charge is 0.317 e. The second kappa shape index (κ2) is 7.07. The van der Waals surface area contributed by atoms with Crippen molar-refractivity contribution in [3.8, 4) is 0 Å². The van der Waals surface area contributed by atoms with Crippen molar-refractivity contribution in [2.75, 3.05) is 38.7 Å². The van der Waals surface area contributed by atoms with Crippen molar-refractivity contribution in [2.24, 2.45) is 0 Å². The van der Waals surface area contributed by atoms with E-state index in [0.29, 0.717) is 32.1 Å². The molecule has 0 saturated carbocycles. The van der Waals surface area contributed by atoms with Gasteiger partial charge in [0.25, 0.3) is 0 Å². The zero-order valence-corrected chi connectivity index (χ0v) is 12.3. The highest BCUT2D eigenvalue weighted by Crippen LogP contribution is 2.21. The standard InChI is InChI=1S/C13H21N5O3/c1-10(19)15-12-4-7-18(16-12)11-3-6-17(9-11)13(20)14-5-8-21-2/h4,7,11H,3,5-6,8-9H2,1-2H3,(H,14,20)(H,15,16,19)/t11-/m1/s1. The molecule has 0 bridgehead atoms. The third-order valence-corrected chi connectivity index (χ3v) is 3.32. The summed E-state index contributed by atoms with van der Waals surface area (Å²) < 4.78 is 6.70. The Morgan fingerprint density at radius 1 is 1.52 bits per heavy atom. The maximum absolute atomic E-state index is 11.9. The van der Waals surface area contributed by atoms with Crippen molar-refractivity contribution in [2.45, 2.75) is 19.4 Å². The van der Waals surface area contributed by atoms with Gasteiger partial charge in [-0.15, -0.1) is 0 Å². The maximum atomic E-state index is 11.9. The van der Waals surface area contributed by atoms with Gasteiger partial charge in [-0.3, -0.25) is 9.48 Å². The second-order valence-corrected chi connectivity index (χ2v) is 4.98. The normalized spacial score (nSPS) is 17.8. The summed E-state index contributed by atoms with van der Waals surface area (Å²) in [6.45, 7) is 3.76. The van der Waals surface area contributed by atoms with Crippen LogP contribution in [0.2, 0.25) is 0 Å². The van der Waals surface area contributed by atoms with E-state index in [2.05, 4.69) is 15.7 Å². The zero-order valence-electron chi connectivity index (χ0n) is 12.3. The molecule has 2 rings (SSSR count). The van der Waals surface area contributed by atoms with Gasteiger partial charge in [-0.1, -0.05) is 0 Å². The van der Waals surface area contributed by atoms with Gasteiger partial charge < -0.3 is 20.3 Å². The predicted octanol–water partition coefficient (Wildman–Crippen LogP) is 0.444. The maximum Gasteiger partial charge on any atom is 0.317 e. The molecule has 1 aliphatic rings. The van der Waals surface area contributed by atoms with E-state index in [1.165, 1.54) is 6.92 Å². The molecular weight excluding hydrogens is 274 g/mol. The number of ether oxygens (including phenoxy) is 1. The molecule has 0 spiro atoms. The number of methoxy groups -OCH3 is 1. The predicted molar refractivity (Wildman–Crippen MR) is 77.0 cm³/mol. The molecule has 0 aromatic carbocycles. The molecule has 1 fully saturated rings. The third-order valence-electron chi connectivity index (χ3n) is 3.32. The van der Waals surface area contributed by atoms with E-state index in [9.17, 15) is 9.59 Å². The molecule has 116 valence electrons. The Kier molecular flexibility index (Phi) is 5.15. The van der Waals surface area contributed by atoms with Crippen molar-refractivity contribution in [3.05, 3.63) is 12.3 Å². The van der Waals surface area contributed by atoms with Crippen LogP contribution in [0.3, 0.4) is 0 Å². The quantitative estimate of drug-likeness (QED) is 0.772. The number of carbonyl (C=O) groups excluding carboxylic acids is 2. The molecule has 2 N–H and O–H groups in total. The van der Waals surface area contributed by atoms with Crippen molar-refractivity contribution in [3.63, 3.8) is 0 Å². The summed E-state index contributed by atoms with van der Waals surface area (Å²) in [4.78, 5) is 24.7. The van der Waals surface area contributed by atoms with Crippen molar-refractivity contribution < 1.29 is 14.3 Å². The lowest BCUT2D eigenvalue weighted by atomic mass is 10.3. The Labute approximate surface area is 123 Å². The van der Waals surface area contributed by atoms with Crippen LogP contribution in [0.25, 0.3) is 0 Å². The van der Waals surface area contributed by atoms with Crippen molar-refractivity contribution >= 4 is 17.8 Å². The minimum absolute atomic E-state index is 0.0798. The summed E-state index contributed by atoms with van der Waals surface area (Å²) in [5, 5.41) is 9.75. The number of anilines is 1. The molecule has 0 radical (unpaired) electrons. The van der Waals surface area contributed by atoms with Crippen LogP contribution in [0.4, 0.5) is 10.6 Å². The number of aromatic nitrogens is 2. The second-order valence-electron chi connectivity index (χ2n) is 4.98. The SMILES string of the molecule is COCCNC(=O)N1CC[C@@H](n2ccc(NC(C)=O)n2)C1. The average molecular weight is 295 g/mol. The average Bonchev–Trinajstić information content (AvgIpc) is 3.06. The molecule has 3 amide bonds. The first kappa shape index (κ1) is 15.3. The molecule has 1 aliphatic heterocycles. The molecule has 21 heavy (non-hydrogen) atoms. The van der Waals surface area contributed by atoms with Crippen LogP contribution in [-0.4, -0.2) is 60.0 Å². The summed E-state index contributed by atoms with van der Waals surface area (Å²) in [5.74, 6) is 0.385. The molecule has 1 aromatic heterocycles. The van der Waals surface area contributed by atoms with Crippen LogP contribution in [0.15, 0.2) is 12.3 Å². The number of hydrogen-bond donors (Lipinski definition) is 2. The van der Waals surface area contributed by atoms with Gasteiger partial charge in [0.2, 0.25) is 5.91 Å². The van der Waals surface area contributed by atoms with Gasteiger partial charge in [-0.25, -0.2) is 4.79 Å². The van der Waals surface area contributed by atoms with E-state index < -0.39 is 0 Å². The highest BCUT2D eigenvalue weighted by molar-refractivity contribution is 5.87. The number of nitrogens with zero attached hydrogens (tertiary/aromatic N) is 3. The summed E-state index contributed by atoms with van der Waals surface area (Å²) >= 11 is 0. The van der Waals surface area contributed by atoms with Crippen LogP contribution >= 0.6 is 0 Å². The first-order valence-corrected chi connectivity index (χ1v) is 6.94. The third kappa shape index (κ3) is 4.19. The van der Waals surface area contributed by atoms with Gasteiger partial charge in [0.15, 0.2) is 5.82 Å². The largest absolute Gasteiger partial charge is 0.383 e. The number of carbonyl (C=O) groups is 2. The number of amides is 3. The van der Waals surface area contributed by atoms with E-state index in [-0.39, 0.29) is 18.0 Å². The van der Waals surface area contributed by atoms with Crippen LogP contribution in [0.5, 0.6) is 0 Å². The number of urea groups is 1. The van der Waals surface area contributed by atoms with Crippen molar-refractivity contribution in [1.82, 2.24) is 20.0 Å². The first-order valence-electron chi connectivity index (χ1n) is 6.94. The van der Waals surface area contributed by atoms with Gasteiger partial charge >= 0.3 is 6.03 Å². The highest BCUT2D eigenvalue weighted by Gasteiger charge is 2.27. The fourth-order valence-electron chi connectivity index (χ4n) is 2.30. The van der Waals surface area contributed by atoms with Crippen LogP contribution in [-0.2, 0) is 9.53 Å². The van der Waals surface area contributed by atoms with Crippen LogP contribution in [0.1, 0.15) is 19.4 Å². The molecule has 2 heterocycles. The fraction of sp³-hybridized carbons (Fsp3) is 0.615. The lowest BCUT2D eigenvalue weighted by Crippen LogP contribution is -2.40. The Morgan fingerprint density at radius 3 is 3.05 bits per heavy atom. The minimum atomic E-state index is -0.147. The van der Waals surface area contributed by atoms with Crippen molar-refractivity contribution in [1.29, 1.82) is 0 Å². The molecule has 0 aliphatic carbocycles. The summed E-state index contributed by atoms with van der Waals surface area (Å²) in [7, 11) is 1.60. The molecule has 8 nitrogen and oxygen atoms in total. The molecular formula is C13H21N5O3. The van der Waals surface area contributed by atoms with Gasteiger partial charge in [0, 0.05) is 45.9 Å². The zero-order chi connectivity index (χ0) is 15.2. The summed E-state index contributed by atoms with van der Waals surface area (Å²) in [6, 6.07) is 1.81. The van der Waals surface area contributed by atoms with E-state index in [4.69, 9.17) is 4.74 Å². The molecule has 1 saturated heterocycles.